The SMILES string of the molecule is CCC1Oc2ccc(NC(=O)c3ccccc3)cc2CN(CC2CC2)C1=O. The fraction of sp³-hybridized carbons (Fsp3) is 0.364. The van der Waals surface area contributed by atoms with E-state index in [1.165, 1.54) is 12.8 Å². The van der Waals surface area contributed by atoms with Crippen LogP contribution in [0, 0.1) is 5.92 Å². The normalized spacial score (nSPS) is 19.1. The van der Waals surface area contributed by atoms with Crippen molar-refractivity contribution in [3.8, 4) is 5.75 Å². The molecule has 1 atom stereocenters. The highest BCUT2D eigenvalue weighted by atomic mass is 16.5. The number of ether oxygens (including phenoxy) is 1. The van der Waals surface area contributed by atoms with Gasteiger partial charge in [0.2, 0.25) is 0 Å². The monoisotopic (exact) mass is 364 g/mol. The van der Waals surface area contributed by atoms with Gasteiger partial charge < -0.3 is 15.0 Å². The van der Waals surface area contributed by atoms with Gasteiger partial charge in [-0.1, -0.05) is 25.1 Å². The Hall–Kier alpha value is -2.82. The van der Waals surface area contributed by atoms with Crippen molar-refractivity contribution in [3.05, 3.63) is 59.7 Å². The largest absolute Gasteiger partial charge is 0.480 e. The number of benzene rings is 2. The predicted molar refractivity (Wildman–Crippen MR) is 104 cm³/mol. The Bertz CT molecular complexity index is 846. The number of nitrogens with zero attached hydrogens (tertiary/aromatic N) is 1. The number of hydrogen-bond donors (Lipinski definition) is 1. The zero-order valence-corrected chi connectivity index (χ0v) is 15.5. The first-order chi connectivity index (χ1) is 13.1. The maximum absolute atomic E-state index is 12.8. The lowest BCUT2D eigenvalue weighted by atomic mass is 10.1. The van der Waals surface area contributed by atoms with Crippen LogP contribution in [0.4, 0.5) is 5.69 Å². The van der Waals surface area contributed by atoms with Crippen molar-refractivity contribution in [2.24, 2.45) is 5.92 Å². The van der Waals surface area contributed by atoms with E-state index in [2.05, 4.69) is 5.32 Å². The Labute approximate surface area is 159 Å². The van der Waals surface area contributed by atoms with Gasteiger partial charge in [-0.25, -0.2) is 0 Å². The zero-order chi connectivity index (χ0) is 18.8. The summed E-state index contributed by atoms with van der Waals surface area (Å²) in [6.45, 7) is 3.28. The van der Waals surface area contributed by atoms with Crippen molar-refractivity contribution in [2.75, 3.05) is 11.9 Å². The van der Waals surface area contributed by atoms with Crippen LogP contribution in [-0.2, 0) is 11.3 Å². The molecule has 2 aliphatic rings. The first kappa shape index (κ1) is 17.6. The molecule has 5 heteroatoms. The van der Waals surface area contributed by atoms with Crippen LogP contribution in [-0.4, -0.2) is 29.4 Å². The predicted octanol–water partition coefficient (Wildman–Crippen LogP) is 3.85. The molecular formula is C22H24N2O3. The molecule has 1 saturated carbocycles. The van der Waals surface area contributed by atoms with Gasteiger partial charge in [-0.05, 0) is 55.5 Å². The van der Waals surface area contributed by atoms with Gasteiger partial charge in [0, 0.05) is 29.9 Å². The standard InChI is InChI=1S/C22H24N2O3/c1-2-19-22(26)24(13-15-8-9-15)14-17-12-18(10-11-20(17)27-19)23-21(25)16-6-4-3-5-7-16/h3-7,10-12,15,19H,2,8-9,13-14H2,1H3,(H,23,25). The molecule has 1 aliphatic carbocycles. The average Bonchev–Trinajstić information content (AvgIpc) is 3.51. The minimum atomic E-state index is -0.435. The first-order valence-corrected chi connectivity index (χ1v) is 9.59. The van der Waals surface area contributed by atoms with E-state index in [1.54, 1.807) is 12.1 Å². The van der Waals surface area contributed by atoms with E-state index < -0.39 is 6.10 Å². The molecule has 0 bridgehead atoms. The Balaban J connectivity index is 1.56. The number of anilines is 1. The van der Waals surface area contributed by atoms with Crippen molar-refractivity contribution < 1.29 is 14.3 Å². The summed E-state index contributed by atoms with van der Waals surface area (Å²) in [6.07, 6.45) is 2.60. The van der Waals surface area contributed by atoms with E-state index >= 15 is 0 Å². The van der Waals surface area contributed by atoms with Gasteiger partial charge in [0.1, 0.15) is 5.75 Å². The third-order valence-corrected chi connectivity index (χ3v) is 5.12. The summed E-state index contributed by atoms with van der Waals surface area (Å²) in [4.78, 5) is 27.1. The first-order valence-electron chi connectivity index (χ1n) is 9.59. The Kier molecular flexibility index (Phi) is 4.84. The number of carbonyl (C=O) groups excluding carboxylic acids is 2. The molecule has 1 aliphatic heterocycles. The lowest BCUT2D eigenvalue weighted by molar-refractivity contribution is -0.138. The molecule has 1 unspecified atom stereocenters. The maximum Gasteiger partial charge on any atom is 0.263 e. The van der Waals surface area contributed by atoms with Crippen molar-refractivity contribution in [2.45, 2.75) is 38.8 Å². The summed E-state index contributed by atoms with van der Waals surface area (Å²) in [7, 11) is 0. The van der Waals surface area contributed by atoms with E-state index in [9.17, 15) is 9.59 Å². The molecule has 2 amide bonds. The minimum absolute atomic E-state index is 0.0653. The smallest absolute Gasteiger partial charge is 0.263 e. The lowest BCUT2D eigenvalue weighted by Gasteiger charge is -2.23. The van der Waals surface area contributed by atoms with E-state index in [0.717, 1.165) is 17.9 Å². The van der Waals surface area contributed by atoms with Gasteiger partial charge >= 0.3 is 0 Å². The topological polar surface area (TPSA) is 58.6 Å². The molecule has 5 nitrogen and oxygen atoms in total. The second-order valence-corrected chi connectivity index (χ2v) is 7.32. The highest BCUT2D eigenvalue weighted by Crippen LogP contribution is 2.34. The quantitative estimate of drug-likeness (QED) is 0.877. The molecule has 0 spiro atoms. The summed E-state index contributed by atoms with van der Waals surface area (Å²) in [5, 5.41) is 2.94. The minimum Gasteiger partial charge on any atom is -0.480 e. The number of rotatable bonds is 5. The summed E-state index contributed by atoms with van der Waals surface area (Å²) >= 11 is 0. The second-order valence-electron chi connectivity index (χ2n) is 7.32. The maximum atomic E-state index is 12.8. The number of nitrogens with one attached hydrogen (secondary N) is 1. The number of fused-ring (bicyclic) bond motifs is 1. The molecule has 2 aromatic carbocycles. The van der Waals surface area contributed by atoms with Crippen LogP contribution in [0.25, 0.3) is 0 Å². The molecule has 27 heavy (non-hydrogen) atoms. The molecule has 2 aromatic rings. The molecule has 140 valence electrons. The number of carbonyl (C=O) groups is 2. The average molecular weight is 364 g/mol. The molecule has 1 heterocycles. The highest BCUT2D eigenvalue weighted by molar-refractivity contribution is 6.04. The van der Waals surface area contributed by atoms with Gasteiger partial charge in [-0.2, -0.15) is 0 Å². The third kappa shape index (κ3) is 3.97. The van der Waals surface area contributed by atoms with Crippen LogP contribution < -0.4 is 10.1 Å². The molecule has 0 saturated heterocycles. The van der Waals surface area contributed by atoms with Crippen LogP contribution >= 0.6 is 0 Å². The zero-order valence-electron chi connectivity index (χ0n) is 15.5. The van der Waals surface area contributed by atoms with Crippen LogP contribution in [0.1, 0.15) is 42.1 Å². The second kappa shape index (κ2) is 7.43. The molecular weight excluding hydrogens is 340 g/mol. The number of hydrogen-bond acceptors (Lipinski definition) is 3. The van der Waals surface area contributed by atoms with Crippen molar-refractivity contribution in [3.63, 3.8) is 0 Å². The lowest BCUT2D eigenvalue weighted by Crippen LogP contribution is -2.40. The molecule has 1 fully saturated rings. The van der Waals surface area contributed by atoms with E-state index in [0.29, 0.717) is 30.1 Å². The third-order valence-electron chi connectivity index (χ3n) is 5.12. The van der Waals surface area contributed by atoms with Crippen LogP contribution in [0.15, 0.2) is 48.5 Å². The van der Waals surface area contributed by atoms with E-state index in [4.69, 9.17) is 4.74 Å². The fourth-order valence-corrected chi connectivity index (χ4v) is 3.40. The van der Waals surface area contributed by atoms with Crippen LogP contribution in [0.2, 0.25) is 0 Å². The van der Waals surface area contributed by atoms with Crippen LogP contribution in [0.3, 0.4) is 0 Å². The Morgan fingerprint density at radius 1 is 1.19 bits per heavy atom. The van der Waals surface area contributed by atoms with Crippen LogP contribution in [0.5, 0.6) is 5.75 Å². The van der Waals surface area contributed by atoms with Crippen molar-refractivity contribution >= 4 is 17.5 Å². The van der Waals surface area contributed by atoms with Gasteiger partial charge in [0.15, 0.2) is 6.10 Å². The molecule has 1 N–H and O–H groups in total. The van der Waals surface area contributed by atoms with Gasteiger partial charge in [0.05, 0.1) is 0 Å². The van der Waals surface area contributed by atoms with Gasteiger partial charge in [0.25, 0.3) is 11.8 Å². The van der Waals surface area contributed by atoms with E-state index in [1.807, 2.05) is 48.2 Å². The summed E-state index contributed by atoms with van der Waals surface area (Å²) in [5.41, 5.74) is 2.26. The highest BCUT2D eigenvalue weighted by Gasteiger charge is 2.33. The Morgan fingerprint density at radius 2 is 1.96 bits per heavy atom. The van der Waals surface area contributed by atoms with E-state index in [-0.39, 0.29) is 11.8 Å². The fourth-order valence-electron chi connectivity index (χ4n) is 3.40. The van der Waals surface area contributed by atoms with Crippen molar-refractivity contribution in [1.29, 1.82) is 0 Å². The summed E-state index contributed by atoms with van der Waals surface area (Å²) < 4.78 is 5.99. The summed E-state index contributed by atoms with van der Waals surface area (Å²) in [6, 6.07) is 14.7. The number of amides is 2. The van der Waals surface area contributed by atoms with Gasteiger partial charge in [-0.3, -0.25) is 9.59 Å². The summed E-state index contributed by atoms with van der Waals surface area (Å²) in [5.74, 6) is 1.26. The molecule has 4 rings (SSSR count). The Morgan fingerprint density at radius 3 is 2.67 bits per heavy atom. The molecule has 0 aromatic heterocycles. The molecule has 0 radical (unpaired) electrons. The van der Waals surface area contributed by atoms with Gasteiger partial charge in [-0.15, -0.1) is 0 Å². The van der Waals surface area contributed by atoms with Crippen molar-refractivity contribution in [1.82, 2.24) is 4.90 Å².